The Hall–Kier alpha value is -10.1. The molecule has 0 unspecified atom stereocenters. The van der Waals surface area contributed by atoms with Crippen molar-refractivity contribution in [3.05, 3.63) is 290 Å². The average molecular weight is 1000 g/mol. The highest BCUT2D eigenvalue weighted by atomic mass is 14.8. The van der Waals surface area contributed by atoms with E-state index < -0.39 is 0 Å². The average Bonchev–Trinajstić information content (AvgIpc) is 3.50. The molecular formula is C67H58N10. The van der Waals surface area contributed by atoms with Crippen LogP contribution in [0.1, 0.15) is 28.2 Å². The van der Waals surface area contributed by atoms with Gasteiger partial charge in [0.05, 0.1) is 39.9 Å². The smallest absolute Gasteiger partial charge is 0.0889 e. The molecule has 0 radical (unpaired) electrons. The minimum Gasteiger partial charge on any atom is -0.265 e. The Morgan fingerprint density at radius 3 is 1.01 bits per heavy atom. The van der Waals surface area contributed by atoms with Gasteiger partial charge in [0, 0.05) is 112 Å². The lowest BCUT2D eigenvalue weighted by Gasteiger charge is -2.07. The van der Waals surface area contributed by atoms with Gasteiger partial charge in [-0.25, -0.2) is 0 Å². The fourth-order valence-electron chi connectivity index (χ4n) is 7.96. The number of pyridine rings is 10. The van der Waals surface area contributed by atoms with E-state index in [1.54, 1.807) is 31.0 Å². The first kappa shape index (κ1) is 53.2. The first-order valence-electron chi connectivity index (χ1n) is 25.2. The molecule has 376 valence electrons. The van der Waals surface area contributed by atoms with Crippen LogP contribution < -0.4 is 0 Å². The summed E-state index contributed by atoms with van der Waals surface area (Å²) in [5, 5.41) is 0. The van der Waals surface area contributed by atoms with Crippen molar-refractivity contribution < 1.29 is 0 Å². The molecule has 12 rings (SSSR count). The Labute approximate surface area is 451 Å². The summed E-state index contributed by atoms with van der Waals surface area (Å²) in [7, 11) is 0. The second kappa shape index (κ2) is 27.8. The molecule has 0 aliphatic carbocycles. The van der Waals surface area contributed by atoms with Gasteiger partial charge in [-0.2, -0.15) is 0 Å². The summed E-state index contributed by atoms with van der Waals surface area (Å²) in [5.74, 6) is 0. The molecule has 0 N–H and O–H groups in total. The zero-order chi connectivity index (χ0) is 53.4. The lowest BCUT2D eigenvalue weighted by Crippen LogP contribution is -1.87. The fourth-order valence-corrected chi connectivity index (χ4v) is 7.96. The van der Waals surface area contributed by atoms with E-state index in [2.05, 4.69) is 106 Å². The Morgan fingerprint density at radius 1 is 0.221 bits per heavy atom. The predicted molar refractivity (Wildman–Crippen MR) is 312 cm³/mol. The highest BCUT2D eigenvalue weighted by Crippen LogP contribution is 2.28. The molecule has 0 aliphatic rings. The van der Waals surface area contributed by atoms with Crippen molar-refractivity contribution in [3.63, 3.8) is 0 Å². The number of nitrogens with zero attached hydrogens (tertiary/aromatic N) is 10. The van der Waals surface area contributed by atoms with Gasteiger partial charge >= 0.3 is 0 Å². The molecule has 10 aromatic heterocycles. The Morgan fingerprint density at radius 2 is 0.597 bits per heavy atom. The van der Waals surface area contributed by atoms with Crippen LogP contribution in [0.2, 0.25) is 0 Å². The van der Waals surface area contributed by atoms with E-state index in [4.69, 9.17) is 0 Å². The summed E-state index contributed by atoms with van der Waals surface area (Å²) in [6.45, 7) is 10.2. The fraction of sp³-hybridized carbons (Fsp3) is 0.0746. The van der Waals surface area contributed by atoms with Crippen LogP contribution in [0.5, 0.6) is 0 Å². The monoisotopic (exact) mass is 1000 g/mol. The molecule has 12 aromatic rings. The van der Waals surface area contributed by atoms with Gasteiger partial charge in [0.25, 0.3) is 0 Å². The third-order valence-corrected chi connectivity index (χ3v) is 11.6. The van der Waals surface area contributed by atoms with Gasteiger partial charge in [0.1, 0.15) is 0 Å². The zero-order valence-electron chi connectivity index (χ0n) is 43.8. The lowest BCUT2D eigenvalue weighted by molar-refractivity contribution is 1.18. The topological polar surface area (TPSA) is 129 Å². The minimum atomic E-state index is 0.922. The lowest BCUT2D eigenvalue weighted by atomic mass is 10.00. The molecular weight excluding hydrogens is 945 g/mol. The summed E-state index contributed by atoms with van der Waals surface area (Å²) in [5.41, 5.74) is 20.2. The number of aryl methyl sites for hydroxylation is 5. The van der Waals surface area contributed by atoms with E-state index in [0.717, 1.165) is 90.3 Å². The van der Waals surface area contributed by atoms with Crippen LogP contribution in [0.3, 0.4) is 0 Å². The molecule has 10 heteroatoms. The maximum absolute atomic E-state index is 4.42. The number of hydrogen-bond acceptors (Lipinski definition) is 10. The van der Waals surface area contributed by atoms with Crippen LogP contribution in [0.25, 0.3) is 78.8 Å². The molecule has 77 heavy (non-hydrogen) atoms. The van der Waals surface area contributed by atoms with Crippen molar-refractivity contribution in [1.82, 2.24) is 49.8 Å². The molecule has 0 spiro atoms. The Kier molecular flexibility index (Phi) is 19.2. The second-order valence-electron chi connectivity index (χ2n) is 17.7. The number of benzene rings is 2. The van der Waals surface area contributed by atoms with E-state index in [9.17, 15) is 0 Å². The van der Waals surface area contributed by atoms with Gasteiger partial charge in [0.15, 0.2) is 0 Å². The molecule has 0 fully saturated rings. The van der Waals surface area contributed by atoms with Gasteiger partial charge in [-0.05, 0) is 197 Å². The van der Waals surface area contributed by atoms with E-state index in [0.29, 0.717) is 0 Å². The second-order valence-corrected chi connectivity index (χ2v) is 17.7. The highest BCUT2D eigenvalue weighted by Gasteiger charge is 2.07. The maximum Gasteiger partial charge on any atom is 0.0889 e. The quantitative estimate of drug-likeness (QED) is 0.152. The maximum atomic E-state index is 4.42. The molecule has 0 saturated carbocycles. The van der Waals surface area contributed by atoms with Crippen molar-refractivity contribution in [2.75, 3.05) is 0 Å². The van der Waals surface area contributed by atoms with Crippen molar-refractivity contribution >= 4 is 0 Å². The van der Waals surface area contributed by atoms with Gasteiger partial charge < -0.3 is 0 Å². The number of hydrogen-bond donors (Lipinski definition) is 0. The minimum absolute atomic E-state index is 0.922. The van der Waals surface area contributed by atoms with Crippen LogP contribution in [0, 0.1) is 34.6 Å². The van der Waals surface area contributed by atoms with Gasteiger partial charge in [0.2, 0.25) is 0 Å². The van der Waals surface area contributed by atoms with E-state index >= 15 is 0 Å². The van der Waals surface area contributed by atoms with Crippen LogP contribution in [-0.2, 0) is 0 Å². The Bertz CT molecular complexity index is 3230. The summed E-state index contributed by atoms with van der Waals surface area (Å²) < 4.78 is 0. The molecule has 10 nitrogen and oxygen atoms in total. The van der Waals surface area contributed by atoms with Crippen molar-refractivity contribution in [3.8, 4) is 78.8 Å². The highest BCUT2D eigenvalue weighted by molar-refractivity contribution is 5.73. The van der Waals surface area contributed by atoms with Gasteiger partial charge in [-0.15, -0.1) is 0 Å². The summed E-state index contributed by atoms with van der Waals surface area (Å²) >= 11 is 0. The van der Waals surface area contributed by atoms with E-state index in [-0.39, 0.29) is 0 Å². The third-order valence-electron chi connectivity index (χ3n) is 11.6. The number of aromatic nitrogens is 10. The van der Waals surface area contributed by atoms with Crippen molar-refractivity contribution in [1.29, 1.82) is 0 Å². The third kappa shape index (κ3) is 16.5. The summed E-state index contributed by atoms with van der Waals surface area (Å²) in [6, 6.07) is 66.4. The molecule has 0 amide bonds. The van der Waals surface area contributed by atoms with Crippen LogP contribution in [0.15, 0.2) is 262 Å². The molecule has 0 aliphatic heterocycles. The predicted octanol–water partition coefficient (Wildman–Crippen LogP) is 15.6. The normalized spacial score (nSPS) is 10.1. The van der Waals surface area contributed by atoms with Crippen LogP contribution >= 0.6 is 0 Å². The molecule has 0 saturated heterocycles. The van der Waals surface area contributed by atoms with Crippen LogP contribution in [-0.4, -0.2) is 49.8 Å². The SMILES string of the molecule is Cc1cc(-c2ccccn2)cc(-c2ccccn2)c1.Cc1cc(-c2cccnc2)cc(-c2ccccn2)c1.Cc1cccc(-c2ccccn2)n1.Cc1cccc(-c2cccnc2)n1.Cc1cccc(-c2ccncc2)n1. The van der Waals surface area contributed by atoms with Crippen LogP contribution in [0.4, 0.5) is 0 Å². The van der Waals surface area contributed by atoms with Gasteiger partial charge in [-0.1, -0.05) is 54.6 Å². The van der Waals surface area contributed by atoms with E-state index in [1.165, 1.54) is 16.7 Å². The first-order chi connectivity index (χ1) is 37.7. The standard InChI is InChI=1S/2C17H14N2.3C11H10N2/c1-13-10-14(16-6-2-4-8-18-16)12-15(11-13)17-7-3-5-9-19-17;1-13-9-15(14-5-4-7-18-12-14)11-16(10-13)17-6-2-3-8-19-17;1-9-4-2-6-11(13-9)10-5-3-7-12-8-10;1-9-5-4-7-11(13-9)10-6-2-3-8-12-10;1-9-3-2-4-11(13-9)10-5-7-12-8-6-10/h2*2-12H,1H3;3*2-8H,1H3. The molecule has 0 atom stereocenters. The zero-order valence-corrected chi connectivity index (χ0v) is 43.8. The molecule has 2 aromatic carbocycles. The van der Waals surface area contributed by atoms with Crippen molar-refractivity contribution in [2.45, 2.75) is 34.6 Å². The largest absolute Gasteiger partial charge is 0.265 e. The first-order valence-corrected chi connectivity index (χ1v) is 25.2. The van der Waals surface area contributed by atoms with Crippen molar-refractivity contribution in [2.24, 2.45) is 0 Å². The molecule has 0 bridgehead atoms. The van der Waals surface area contributed by atoms with Gasteiger partial charge in [-0.3, -0.25) is 49.8 Å². The Balaban J connectivity index is 0.000000129. The summed E-state index contributed by atoms with van der Waals surface area (Å²) in [4.78, 5) is 42.8. The summed E-state index contributed by atoms with van der Waals surface area (Å²) in [6.07, 6.45) is 18.0. The number of rotatable bonds is 7. The van der Waals surface area contributed by atoms with E-state index in [1.807, 2.05) is 209 Å². The molecule has 10 heterocycles.